The zero-order chi connectivity index (χ0) is 16.1. The molecule has 118 valence electrons. The third kappa shape index (κ3) is 4.35. The second-order valence-electron chi connectivity index (χ2n) is 5.35. The molecular weight excluding hydrogens is 301 g/mol. The van der Waals surface area contributed by atoms with Crippen molar-refractivity contribution in [1.82, 2.24) is 9.88 Å². The molecule has 0 aliphatic carbocycles. The van der Waals surface area contributed by atoms with Gasteiger partial charge in [0.25, 0.3) is 0 Å². The third-order valence-corrected chi connectivity index (χ3v) is 4.09. The number of hydrogen-bond acceptors (Lipinski definition) is 4. The molecule has 22 heavy (non-hydrogen) atoms. The summed E-state index contributed by atoms with van der Waals surface area (Å²) >= 11 is 1.43. The summed E-state index contributed by atoms with van der Waals surface area (Å²) in [4.78, 5) is 20.1. The van der Waals surface area contributed by atoms with Crippen LogP contribution in [0.5, 0.6) is 0 Å². The zero-order valence-electron chi connectivity index (χ0n) is 13.0. The highest BCUT2D eigenvalue weighted by atomic mass is 32.1. The van der Waals surface area contributed by atoms with Crippen molar-refractivity contribution in [3.63, 3.8) is 0 Å². The van der Waals surface area contributed by atoms with Crippen molar-refractivity contribution in [3.05, 3.63) is 35.5 Å². The molecule has 6 heteroatoms. The van der Waals surface area contributed by atoms with Gasteiger partial charge in [-0.2, -0.15) is 0 Å². The van der Waals surface area contributed by atoms with Gasteiger partial charge in [0.05, 0.1) is 5.69 Å². The van der Waals surface area contributed by atoms with Crippen LogP contribution in [0.15, 0.2) is 29.6 Å². The fourth-order valence-corrected chi connectivity index (χ4v) is 2.98. The molecule has 0 aliphatic heterocycles. The lowest BCUT2D eigenvalue weighted by molar-refractivity contribution is -0.116. The Bertz CT molecular complexity index is 625. The molecule has 1 aromatic carbocycles. The monoisotopic (exact) mass is 321 g/mol. The SMILES string of the molecule is CC(=O)N(CCCN(C)C)c1nc(-c2ccc(F)cc2)cs1. The van der Waals surface area contributed by atoms with E-state index in [-0.39, 0.29) is 11.7 Å². The summed E-state index contributed by atoms with van der Waals surface area (Å²) < 4.78 is 13.0. The van der Waals surface area contributed by atoms with E-state index in [1.165, 1.54) is 23.5 Å². The molecule has 0 bridgehead atoms. The van der Waals surface area contributed by atoms with E-state index in [4.69, 9.17) is 0 Å². The third-order valence-electron chi connectivity index (χ3n) is 3.23. The second-order valence-corrected chi connectivity index (χ2v) is 6.19. The summed E-state index contributed by atoms with van der Waals surface area (Å²) in [5, 5.41) is 2.58. The smallest absolute Gasteiger partial charge is 0.225 e. The van der Waals surface area contributed by atoms with Crippen molar-refractivity contribution >= 4 is 22.4 Å². The lowest BCUT2D eigenvalue weighted by Gasteiger charge is -2.19. The van der Waals surface area contributed by atoms with Crippen LogP contribution in [0.1, 0.15) is 13.3 Å². The average Bonchev–Trinajstić information content (AvgIpc) is 2.93. The molecule has 0 spiro atoms. The van der Waals surface area contributed by atoms with Crippen LogP contribution in [0.25, 0.3) is 11.3 Å². The number of amides is 1. The van der Waals surface area contributed by atoms with E-state index in [0.717, 1.165) is 24.2 Å². The number of rotatable bonds is 6. The number of benzene rings is 1. The molecule has 1 aromatic heterocycles. The van der Waals surface area contributed by atoms with E-state index in [1.807, 2.05) is 19.5 Å². The molecule has 0 unspecified atom stereocenters. The Labute approximate surface area is 134 Å². The highest BCUT2D eigenvalue weighted by molar-refractivity contribution is 7.14. The highest BCUT2D eigenvalue weighted by Gasteiger charge is 2.16. The van der Waals surface area contributed by atoms with E-state index in [0.29, 0.717) is 11.7 Å². The summed E-state index contributed by atoms with van der Waals surface area (Å²) in [6.07, 6.45) is 0.887. The first kappa shape index (κ1) is 16.6. The van der Waals surface area contributed by atoms with Gasteiger partial charge in [-0.1, -0.05) is 0 Å². The van der Waals surface area contributed by atoms with Gasteiger partial charge in [0.2, 0.25) is 5.91 Å². The van der Waals surface area contributed by atoms with Crippen molar-refractivity contribution in [1.29, 1.82) is 0 Å². The maximum Gasteiger partial charge on any atom is 0.225 e. The zero-order valence-corrected chi connectivity index (χ0v) is 13.9. The van der Waals surface area contributed by atoms with Gasteiger partial charge in [-0.25, -0.2) is 9.37 Å². The Balaban J connectivity index is 2.12. The molecule has 1 amide bonds. The second kappa shape index (κ2) is 7.47. The molecular formula is C16H20FN3OS. The maximum absolute atomic E-state index is 13.0. The van der Waals surface area contributed by atoms with Crippen LogP contribution in [0.2, 0.25) is 0 Å². The first-order chi connectivity index (χ1) is 10.5. The number of nitrogens with zero attached hydrogens (tertiary/aromatic N) is 3. The van der Waals surface area contributed by atoms with Crippen molar-refractivity contribution < 1.29 is 9.18 Å². The first-order valence-electron chi connectivity index (χ1n) is 7.11. The fraction of sp³-hybridized carbons (Fsp3) is 0.375. The minimum absolute atomic E-state index is 0.0150. The van der Waals surface area contributed by atoms with Crippen LogP contribution in [-0.2, 0) is 4.79 Å². The lowest BCUT2D eigenvalue weighted by Crippen LogP contribution is -2.31. The van der Waals surface area contributed by atoms with Crippen LogP contribution >= 0.6 is 11.3 Å². The number of thiazole rings is 1. The first-order valence-corrected chi connectivity index (χ1v) is 7.99. The van der Waals surface area contributed by atoms with Crippen molar-refractivity contribution in [3.8, 4) is 11.3 Å². The minimum Gasteiger partial charge on any atom is -0.309 e. The molecule has 0 radical (unpaired) electrons. The van der Waals surface area contributed by atoms with Gasteiger partial charge in [-0.3, -0.25) is 9.69 Å². The molecule has 0 saturated carbocycles. The van der Waals surface area contributed by atoms with Gasteiger partial charge in [0.1, 0.15) is 5.82 Å². The summed E-state index contributed by atoms with van der Waals surface area (Å²) in [7, 11) is 4.02. The topological polar surface area (TPSA) is 36.4 Å². The van der Waals surface area contributed by atoms with Gasteiger partial charge in [0, 0.05) is 24.4 Å². The van der Waals surface area contributed by atoms with E-state index in [2.05, 4.69) is 9.88 Å². The summed E-state index contributed by atoms with van der Waals surface area (Å²) in [6.45, 7) is 3.11. The average molecular weight is 321 g/mol. The minimum atomic E-state index is -0.270. The van der Waals surface area contributed by atoms with Crippen LogP contribution in [0.4, 0.5) is 9.52 Å². The highest BCUT2D eigenvalue weighted by Crippen LogP contribution is 2.27. The van der Waals surface area contributed by atoms with Crippen LogP contribution < -0.4 is 4.90 Å². The van der Waals surface area contributed by atoms with Gasteiger partial charge < -0.3 is 4.90 Å². The standard InChI is InChI=1S/C16H20FN3OS/c1-12(21)20(10-4-9-19(2)3)16-18-15(11-22-16)13-5-7-14(17)8-6-13/h5-8,11H,4,9-10H2,1-3H3. The Kier molecular flexibility index (Phi) is 5.63. The van der Waals surface area contributed by atoms with Crippen LogP contribution in [0, 0.1) is 5.82 Å². The Morgan fingerprint density at radius 2 is 1.91 bits per heavy atom. The fourth-order valence-electron chi connectivity index (χ4n) is 2.07. The quantitative estimate of drug-likeness (QED) is 0.819. The molecule has 0 fully saturated rings. The molecule has 0 aliphatic rings. The van der Waals surface area contributed by atoms with E-state index in [9.17, 15) is 9.18 Å². The van der Waals surface area contributed by atoms with E-state index in [1.54, 1.807) is 24.0 Å². The number of anilines is 1. The Hall–Kier alpha value is -1.79. The lowest BCUT2D eigenvalue weighted by atomic mass is 10.2. The predicted molar refractivity (Wildman–Crippen MR) is 88.7 cm³/mol. The number of carbonyl (C=O) groups is 1. The molecule has 4 nitrogen and oxygen atoms in total. The molecule has 2 rings (SSSR count). The summed E-state index contributed by atoms with van der Waals surface area (Å²) in [5.74, 6) is -0.285. The number of carbonyl (C=O) groups excluding carboxylic acids is 1. The molecule has 0 N–H and O–H groups in total. The largest absolute Gasteiger partial charge is 0.309 e. The summed E-state index contributed by atoms with van der Waals surface area (Å²) in [6, 6.07) is 6.21. The Morgan fingerprint density at radius 1 is 1.23 bits per heavy atom. The van der Waals surface area contributed by atoms with Crippen LogP contribution in [0.3, 0.4) is 0 Å². The van der Waals surface area contributed by atoms with Crippen molar-refractivity contribution in [2.24, 2.45) is 0 Å². The Morgan fingerprint density at radius 3 is 2.50 bits per heavy atom. The van der Waals surface area contributed by atoms with Gasteiger partial charge in [-0.05, 0) is 51.3 Å². The van der Waals surface area contributed by atoms with Gasteiger partial charge in [-0.15, -0.1) is 11.3 Å². The molecule has 1 heterocycles. The van der Waals surface area contributed by atoms with Crippen LogP contribution in [-0.4, -0.2) is 43.0 Å². The number of hydrogen-bond donors (Lipinski definition) is 0. The van der Waals surface area contributed by atoms with Gasteiger partial charge >= 0.3 is 0 Å². The number of halogens is 1. The van der Waals surface area contributed by atoms with Gasteiger partial charge in [0.15, 0.2) is 5.13 Å². The molecule has 0 saturated heterocycles. The summed E-state index contributed by atoms with van der Waals surface area (Å²) in [5.41, 5.74) is 1.61. The molecule has 2 aromatic rings. The van der Waals surface area contributed by atoms with E-state index < -0.39 is 0 Å². The predicted octanol–water partition coefficient (Wildman–Crippen LogP) is 3.25. The normalized spacial score (nSPS) is 11.0. The number of aromatic nitrogens is 1. The van der Waals surface area contributed by atoms with Crippen molar-refractivity contribution in [2.45, 2.75) is 13.3 Å². The van der Waals surface area contributed by atoms with E-state index >= 15 is 0 Å². The molecule has 0 atom stereocenters. The maximum atomic E-state index is 13.0. The van der Waals surface area contributed by atoms with Crippen molar-refractivity contribution in [2.75, 3.05) is 32.1 Å².